The van der Waals surface area contributed by atoms with Crippen LogP contribution >= 0.6 is 15.9 Å². The highest BCUT2D eigenvalue weighted by molar-refractivity contribution is 9.11. The lowest BCUT2D eigenvalue weighted by atomic mass is 10.6. The zero-order chi connectivity index (χ0) is 6.57. The van der Waals surface area contributed by atoms with Crippen molar-refractivity contribution in [3.05, 3.63) is 23.0 Å². The van der Waals surface area contributed by atoms with Crippen molar-refractivity contribution in [3.63, 3.8) is 0 Å². The third kappa shape index (κ3) is 2.02. The van der Waals surface area contributed by atoms with Crippen LogP contribution in [0.3, 0.4) is 0 Å². The summed E-state index contributed by atoms with van der Waals surface area (Å²) < 4.78 is 0.569. The van der Waals surface area contributed by atoms with E-state index in [2.05, 4.69) is 27.8 Å². The fourth-order valence-corrected chi connectivity index (χ4v) is 0.414. The van der Waals surface area contributed by atoms with Gasteiger partial charge in [0.1, 0.15) is 0 Å². The van der Waals surface area contributed by atoms with Gasteiger partial charge in [-0.15, -0.1) is 0 Å². The molecule has 0 heterocycles. The van der Waals surface area contributed by atoms with Gasteiger partial charge in [-0.1, -0.05) is 6.58 Å². The third-order valence-electron chi connectivity index (χ3n) is 0.642. The second-order valence-electron chi connectivity index (χ2n) is 1.15. The van der Waals surface area contributed by atoms with Crippen molar-refractivity contribution in [1.82, 2.24) is 5.32 Å². The van der Waals surface area contributed by atoms with E-state index in [0.29, 0.717) is 4.48 Å². The molecular weight excluding hydrogens is 170 g/mol. The first-order valence-electron chi connectivity index (χ1n) is 2.11. The van der Waals surface area contributed by atoms with E-state index >= 15 is 0 Å². The summed E-state index contributed by atoms with van der Waals surface area (Å²) in [6.07, 6.45) is 1.51. The Morgan fingerprint density at radius 3 is 2.50 bits per heavy atom. The topological polar surface area (TPSA) is 32.3 Å². The smallest absolute Gasteiger partial charge is 0.198 e. The van der Waals surface area contributed by atoms with Gasteiger partial charge in [-0.25, -0.2) is 0 Å². The molecule has 0 amide bonds. The van der Waals surface area contributed by atoms with Crippen LogP contribution in [-0.2, 0) is 0 Å². The molecule has 0 aromatic rings. The molecule has 46 valence electrons. The van der Waals surface area contributed by atoms with Gasteiger partial charge in [0.05, 0.1) is 4.48 Å². The Hall–Kier alpha value is -0.440. The van der Waals surface area contributed by atoms with E-state index in [1.807, 2.05) is 0 Å². The Labute approximate surface area is 57.0 Å². The lowest BCUT2D eigenvalue weighted by molar-refractivity contribution is 0.375. The zero-order valence-electron chi connectivity index (χ0n) is 4.61. The third-order valence-corrected chi connectivity index (χ3v) is 1.34. The molecule has 0 aliphatic rings. The fraction of sp³-hybridized carbons (Fsp3) is 0.200. The molecule has 0 atom stereocenters. The van der Waals surface area contributed by atoms with E-state index in [1.54, 1.807) is 7.05 Å². The summed E-state index contributed by atoms with van der Waals surface area (Å²) in [5.41, 5.74) is 0. The summed E-state index contributed by atoms with van der Waals surface area (Å²) in [6.45, 7) is 3.42. The van der Waals surface area contributed by atoms with Gasteiger partial charge in [0.25, 0.3) is 0 Å². The number of halogens is 1. The van der Waals surface area contributed by atoms with Crippen LogP contribution in [0.5, 0.6) is 0 Å². The SMILES string of the molecule is C=C/C(Br)=C(/O)NC. The first-order valence-corrected chi connectivity index (χ1v) is 2.90. The molecule has 2 N–H and O–H groups in total. The molecule has 0 fully saturated rings. The Morgan fingerprint density at radius 1 is 1.88 bits per heavy atom. The largest absolute Gasteiger partial charge is 0.494 e. The molecular formula is C5H8BrNO. The average molecular weight is 178 g/mol. The van der Waals surface area contributed by atoms with E-state index in [-0.39, 0.29) is 5.88 Å². The van der Waals surface area contributed by atoms with Crippen LogP contribution in [0.15, 0.2) is 23.0 Å². The van der Waals surface area contributed by atoms with Crippen molar-refractivity contribution < 1.29 is 5.11 Å². The van der Waals surface area contributed by atoms with Crippen molar-refractivity contribution in [3.8, 4) is 0 Å². The van der Waals surface area contributed by atoms with Crippen molar-refractivity contribution >= 4 is 15.9 Å². The minimum atomic E-state index is 0.0972. The molecule has 0 spiro atoms. The first kappa shape index (κ1) is 7.56. The molecule has 0 bridgehead atoms. The number of rotatable bonds is 2. The standard InChI is InChI=1S/C5H8BrNO/c1-3-4(6)5(8)7-2/h3,7-8H,1H2,2H3/b5-4-. The normalized spacial score (nSPS) is 12.2. The number of hydrogen-bond donors (Lipinski definition) is 2. The fourth-order valence-electron chi connectivity index (χ4n) is 0.216. The lowest BCUT2D eigenvalue weighted by Crippen LogP contribution is -2.04. The molecule has 0 radical (unpaired) electrons. The van der Waals surface area contributed by atoms with E-state index in [0.717, 1.165) is 0 Å². The van der Waals surface area contributed by atoms with Crippen LogP contribution in [0, 0.1) is 0 Å². The molecule has 0 aliphatic heterocycles. The number of aliphatic hydroxyl groups is 1. The van der Waals surface area contributed by atoms with Gasteiger partial charge < -0.3 is 10.4 Å². The van der Waals surface area contributed by atoms with Crippen LogP contribution in [0.2, 0.25) is 0 Å². The van der Waals surface area contributed by atoms with Crippen LogP contribution in [-0.4, -0.2) is 12.2 Å². The van der Waals surface area contributed by atoms with Crippen molar-refractivity contribution in [1.29, 1.82) is 0 Å². The summed E-state index contributed by atoms with van der Waals surface area (Å²) in [7, 11) is 1.63. The molecule has 2 nitrogen and oxygen atoms in total. The molecule has 0 saturated carbocycles. The number of hydrogen-bond acceptors (Lipinski definition) is 2. The molecule has 8 heavy (non-hydrogen) atoms. The Balaban J connectivity index is 4.03. The van der Waals surface area contributed by atoms with Crippen LogP contribution < -0.4 is 5.32 Å². The summed E-state index contributed by atoms with van der Waals surface area (Å²) >= 11 is 3.05. The van der Waals surface area contributed by atoms with E-state index in [1.165, 1.54) is 6.08 Å². The van der Waals surface area contributed by atoms with Crippen molar-refractivity contribution in [2.75, 3.05) is 7.05 Å². The monoisotopic (exact) mass is 177 g/mol. The highest BCUT2D eigenvalue weighted by Gasteiger charge is 1.90. The molecule has 0 aromatic heterocycles. The lowest BCUT2D eigenvalue weighted by Gasteiger charge is -1.96. The molecule has 0 rings (SSSR count). The van der Waals surface area contributed by atoms with Gasteiger partial charge in [-0.3, -0.25) is 0 Å². The molecule has 3 heteroatoms. The highest BCUT2D eigenvalue weighted by atomic mass is 79.9. The Kier molecular flexibility index (Phi) is 3.35. The quantitative estimate of drug-likeness (QED) is 0.496. The van der Waals surface area contributed by atoms with Crippen molar-refractivity contribution in [2.45, 2.75) is 0 Å². The number of allylic oxidation sites excluding steroid dienone is 2. The minimum Gasteiger partial charge on any atom is -0.494 e. The van der Waals surface area contributed by atoms with Gasteiger partial charge in [0.2, 0.25) is 0 Å². The van der Waals surface area contributed by atoms with E-state index in [4.69, 9.17) is 5.11 Å². The number of aliphatic hydroxyl groups excluding tert-OH is 1. The first-order chi connectivity index (χ1) is 3.72. The maximum absolute atomic E-state index is 8.78. The Morgan fingerprint density at radius 2 is 2.38 bits per heavy atom. The molecule has 0 aromatic carbocycles. The second kappa shape index (κ2) is 3.55. The maximum Gasteiger partial charge on any atom is 0.198 e. The zero-order valence-corrected chi connectivity index (χ0v) is 6.20. The molecule has 0 aliphatic carbocycles. The summed E-state index contributed by atoms with van der Waals surface area (Å²) in [4.78, 5) is 0. The van der Waals surface area contributed by atoms with Crippen molar-refractivity contribution in [2.24, 2.45) is 0 Å². The van der Waals surface area contributed by atoms with E-state index in [9.17, 15) is 0 Å². The van der Waals surface area contributed by atoms with Crippen LogP contribution in [0.1, 0.15) is 0 Å². The van der Waals surface area contributed by atoms with Gasteiger partial charge in [-0.2, -0.15) is 0 Å². The summed E-state index contributed by atoms with van der Waals surface area (Å²) in [5.74, 6) is 0.0972. The Bertz CT molecular complexity index is 120. The van der Waals surface area contributed by atoms with Crippen LogP contribution in [0.25, 0.3) is 0 Å². The minimum absolute atomic E-state index is 0.0972. The van der Waals surface area contributed by atoms with Gasteiger partial charge >= 0.3 is 0 Å². The van der Waals surface area contributed by atoms with Crippen LogP contribution in [0.4, 0.5) is 0 Å². The highest BCUT2D eigenvalue weighted by Crippen LogP contribution is 2.06. The van der Waals surface area contributed by atoms with Gasteiger partial charge in [-0.05, 0) is 22.0 Å². The predicted octanol–water partition coefficient (Wildman–Crippen LogP) is 1.51. The summed E-state index contributed by atoms with van der Waals surface area (Å²) in [5, 5.41) is 11.3. The molecule has 0 unspecified atom stereocenters. The number of nitrogens with one attached hydrogen (secondary N) is 1. The maximum atomic E-state index is 8.78. The van der Waals surface area contributed by atoms with Gasteiger partial charge in [0.15, 0.2) is 5.88 Å². The summed E-state index contributed by atoms with van der Waals surface area (Å²) in [6, 6.07) is 0. The average Bonchev–Trinajstić information content (AvgIpc) is 1.84. The second-order valence-corrected chi connectivity index (χ2v) is 2.01. The van der Waals surface area contributed by atoms with E-state index < -0.39 is 0 Å². The predicted molar refractivity (Wildman–Crippen MR) is 37.8 cm³/mol. The van der Waals surface area contributed by atoms with Gasteiger partial charge in [0, 0.05) is 7.05 Å². The molecule has 0 saturated heterocycles.